The summed E-state index contributed by atoms with van der Waals surface area (Å²) in [5.74, 6) is -1.66. The predicted octanol–water partition coefficient (Wildman–Crippen LogP) is 4.42. The average molecular weight is 524 g/mol. The van der Waals surface area contributed by atoms with E-state index < -0.39 is 17.9 Å². The van der Waals surface area contributed by atoms with Crippen molar-refractivity contribution in [2.24, 2.45) is 0 Å². The number of benzene rings is 2. The number of esters is 2. The molecule has 0 atom stereocenters. The second-order valence-corrected chi connectivity index (χ2v) is 9.13. The second-order valence-electron chi connectivity index (χ2n) is 9.13. The molecule has 2 N–H and O–H groups in total. The Morgan fingerprint density at radius 2 is 1.82 bits per heavy atom. The van der Waals surface area contributed by atoms with Gasteiger partial charge in [0.05, 0.1) is 7.11 Å². The molecule has 38 heavy (non-hydrogen) atoms. The highest BCUT2D eigenvalue weighted by atomic mass is 16.6. The minimum absolute atomic E-state index is 0.00419. The fourth-order valence-electron chi connectivity index (χ4n) is 4.25. The first-order valence-corrected chi connectivity index (χ1v) is 12.5. The van der Waals surface area contributed by atoms with Gasteiger partial charge in [0.1, 0.15) is 17.9 Å². The molecule has 2 aromatic carbocycles. The number of carboxylic acid groups (broad SMARTS) is 1. The lowest BCUT2D eigenvalue weighted by atomic mass is 9.94. The molecule has 0 saturated carbocycles. The summed E-state index contributed by atoms with van der Waals surface area (Å²) in [6.07, 6.45) is 2.87. The molecule has 0 aliphatic carbocycles. The van der Waals surface area contributed by atoms with Crippen molar-refractivity contribution in [1.82, 2.24) is 5.32 Å². The summed E-state index contributed by atoms with van der Waals surface area (Å²) in [5.41, 5.74) is 3.85. The monoisotopic (exact) mass is 523 g/mol. The number of rotatable bonds is 13. The van der Waals surface area contributed by atoms with Crippen molar-refractivity contribution in [3.05, 3.63) is 69.8 Å². The van der Waals surface area contributed by atoms with Gasteiger partial charge >= 0.3 is 17.9 Å². The molecule has 1 heterocycles. The lowest BCUT2D eigenvalue weighted by Gasteiger charge is -2.19. The Balaban J connectivity index is 1.72. The molecule has 0 fully saturated rings. The fourth-order valence-corrected chi connectivity index (χ4v) is 4.25. The highest BCUT2D eigenvalue weighted by Crippen LogP contribution is 2.43. The Morgan fingerprint density at radius 3 is 2.50 bits per heavy atom. The molecule has 1 aliphatic rings. The number of carbonyl (C=O) groups is 4. The fraction of sp³-hybridized carbons (Fsp3) is 0.379. The van der Waals surface area contributed by atoms with Crippen molar-refractivity contribution >= 4 is 23.8 Å². The van der Waals surface area contributed by atoms with Gasteiger partial charge in [-0.3, -0.25) is 14.4 Å². The van der Waals surface area contributed by atoms with Gasteiger partial charge < -0.3 is 24.6 Å². The molecule has 2 aromatic rings. The number of hydrogen-bond acceptors (Lipinski definition) is 7. The van der Waals surface area contributed by atoms with Crippen LogP contribution in [0.5, 0.6) is 11.5 Å². The molecule has 0 bridgehead atoms. The minimum atomic E-state index is -0.894. The first kappa shape index (κ1) is 28.4. The van der Waals surface area contributed by atoms with Crippen LogP contribution in [0.15, 0.2) is 42.0 Å². The Morgan fingerprint density at radius 1 is 1.08 bits per heavy atom. The summed E-state index contributed by atoms with van der Waals surface area (Å²) in [5, 5.41) is 11.8. The quantitative estimate of drug-likeness (QED) is 0.224. The van der Waals surface area contributed by atoms with Gasteiger partial charge in [0.2, 0.25) is 5.91 Å². The number of methoxy groups -OCH3 is 1. The molecule has 0 unspecified atom stereocenters. The smallest absolute Gasteiger partial charge is 0.342 e. The van der Waals surface area contributed by atoms with Crippen molar-refractivity contribution in [2.75, 3.05) is 7.11 Å². The zero-order valence-corrected chi connectivity index (χ0v) is 21.9. The van der Waals surface area contributed by atoms with Crippen molar-refractivity contribution in [2.45, 2.75) is 65.5 Å². The van der Waals surface area contributed by atoms with Gasteiger partial charge in [-0.15, -0.1) is 0 Å². The molecule has 1 aliphatic heterocycles. The number of nitrogens with one attached hydrogen (secondary N) is 1. The maximum atomic E-state index is 12.8. The third-order valence-electron chi connectivity index (χ3n) is 6.35. The van der Waals surface area contributed by atoms with E-state index in [1.807, 2.05) is 50.3 Å². The molecule has 9 heteroatoms. The maximum absolute atomic E-state index is 12.8. The lowest BCUT2D eigenvalue weighted by molar-refractivity contribution is -0.137. The van der Waals surface area contributed by atoms with Crippen LogP contribution in [-0.4, -0.2) is 36.0 Å². The standard InChI is InChI=1S/C29H33NO8/c1-18(13-15-24(32)33)12-14-21-27(36-3)19(2)22-17-37-29(35)26(22)28(21)38-25(34)11-7-10-23(31)30-16-20-8-5-4-6-9-20/h4-6,8-9,12H,7,10-11,13-17H2,1-3H3,(H,30,31)(H,32,33). The molecule has 0 spiro atoms. The number of aliphatic carboxylic acids is 1. The van der Waals surface area contributed by atoms with Gasteiger partial charge in [-0.2, -0.15) is 0 Å². The minimum Gasteiger partial charge on any atom is -0.496 e. The van der Waals surface area contributed by atoms with Gasteiger partial charge in [0.25, 0.3) is 0 Å². The van der Waals surface area contributed by atoms with Crippen LogP contribution >= 0.6 is 0 Å². The molecule has 1 amide bonds. The van der Waals surface area contributed by atoms with Gasteiger partial charge in [-0.05, 0) is 44.2 Å². The first-order valence-electron chi connectivity index (χ1n) is 12.5. The van der Waals surface area contributed by atoms with Crippen LogP contribution in [0.4, 0.5) is 0 Å². The van der Waals surface area contributed by atoms with Gasteiger partial charge in [-0.25, -0.2) is 4.79 Å². The topological polar surface area (TPSA) is 128 Å². The molecule has 0 aromatic heterocycles. The largest absolute Gasteiger partial charge is 0.496 e. The van der Waals surface area contributed by atoms with E-state index in [9.17, 15) is 19.2 Å². The van der Waals surface area contributed by atoms with E-state index in [1.54, 1.807) is 0 Å². The van der Waals surface area contributed by atoms with Gasteiger partial charge in [-0.1, -0.05) is 42.0 Å². The third-order valence-corrected chi connectivity index (χ3v) is 6.35. The number of carbonyl (C=O) groups excluding carboxylic acids is 3. The van der Waals surface area contributed by atoms with Gasteiger partial charge in [0.15, 0.2) is 5.75 Å². The lowest BCUT2D eigenvalue weighted by Crippen LogP contribution is -2.23. The Kier molecular flexibility index (Phi) is 10.0. The molecule has 0 radical (unpaired) electrons. The number of carboxylic acids is 1. The van der Waals surface area contributed by atoms with Crippen LogP contribution in [0.2, 0.25) is 0 Å². The molecule has 202 valence electrons. The molecular formula is C29H33NO8. The van der Waals surface area contributed by atoms with Gasteiger partial charge in [0, 0.05) is 36.9 Å². The Hall–Kier alpha value is -4.14. The van der Waals surface area contributed by atoms with Crippen molar-refractivity contribution in [3.63, 3.8) is 0 Å². The Labute approximate surface area is 221 Å². The zero-order valence-electron chi connectivity index (χ0n) is 21.9. The van der Waals surface area contributed by atoms with Crippen LogP contribution in [0.3, 0.4) is 0 Å². The summed E-state index contributed by atoms with van der Waals surface area (Å²) in [6, 6.07) is 9.52. The molecular weight excluding hydrogens is 490 g/mol. The number of hydrogen-bond donors (Lipinski definition) is 2. The summed E-state index contributed by atoms with van der Waals surface area (Å²) in [7, 11) is 1.50. The van der Waals surface area contributed by atoms with Crippen molar-refractivity contribution in [1.29, 1.82) is 0 Å². The van der Waals surface area contributed by atoms with Crippen LogP contribution < -0.4 is 14.8 Å². The summed E-state index contributed by atoms with van der Waals surface area (Å²) < 4.78 is 16.6. The number of cyclic esters (lactones) is 1. The highest BCUT2D eigenvalue weighted by molar-refractivity contribution is 5.99. The highest BCUT2D eigenvalue weighted by Gasteiger charge is 2.34. The average Bonchev–Trinajstić information content (AvgIpc) is 3.29. The molecule has 0 saturated heterocycles. The number of amides is 1. The van der Waals surface area contributed by atoms with E-state index in [0.29, 0.717) is 29.8 Å². The van der Waals surface area contributed by atoms with Crippen LogP contribution in [0, 0.1) is 6.92 Å². The number of fused-ring (bicyclic) bond motifs is 1. The van der Waals surface area contributed by atoms with E-state index in [4.69, 9.17) is 19.3 Å². The van der Waals surface area contributed by atoms with Crippen LogP contribution in [-0.2, 0) is 38.7 Å². The summed E-state index contributed by atoms with van der Waals surface area (Å²) in [4.78, 5) is 48.5. The van der Waals surface area contributed by atoms with E-state index in [1.165, 1.54) is 7.11 Å². The molecule has 9 nitrogen and oxygen atoms in total. The number of allylic oxidation sites excluding steroid dienone is 2. The zero-order chi connectivity index (χ0) is 27.7. The van der Waals surface area contributed by atoms with E-state index in [-0.39, 0.29) is 55.9 Å². The number of ether oxygens (including phenoxy) is 3. The Bertz CT molecular complexity index is 1230. The first-order chi connectivity index (χ1) is 18.2. The third kappa shape index (κ3) is 7.44. The van der Waals surface area contributed by atoms with E-state index >= 15 is 0 Å². The van der Waals surface area contributed by atoms with E-state index in [0.717, 1.165) is 16.7 Å². The predicted molar refractivity (Wildman–Crippen MR) is 139 cm³/mol. The normalized spacial score (nSPS) is 12.5. The van der Waals surface area contributed by atoms with Crippen LogP contribution in [0.1, 0.15) is 71.6 Å². The van der Waals surface area contributed by atoms with Crippen molar-refractivity contribution in [3.8, 4) is 11.5 Å². The van der Waals surface area contributed by atoms with Crippen molar-refractivity contribution < 1.29 is 38.5 Å². The SMILES string of the molecule is COc1c(C)c2c(c(OC(=O)CCCC(=O)NCc3ccccc3)c1CC=C(C)CCC(=O)O)C(=O)OC2. The summed E-state index contributed by atoms with van der Waals surface area (Å²) in [6.45, 7) is 4.09. The van der Waals surface area contributed by atoms with Crippen LogP contribution in [0.25, 0.3) is 0 Å². The van der Waals surface area contributed by atoms with E-state index in [2.05, 4.69) is 5.32 Å². The maximum Gasteiger partial charge on any atom is 0.342 e. The summed E-state index contributed by atoms with van der Waals surface area (Å²) >= 11 is 0. The molecule has 3 rings (SSSR count). The second kappa shape index (κ2) is 13.4.